The Labute approximate surface area is 124 Å². The molecule has 0 bridgehead atoms. The quantitative estimate of drug-likeness (QED) is 0.479. The number of aliphatic imine (C=N–C) groups is 1. The predicted octanol–water partition coefficient (Wildman–Crippen LogP) is 2.06. The maximum Gasteiger partial charge on any atom is 0.307 e. The van der Waals surface area contributed by atoms with Crippen LogP contribution in [0.25, 0.3) is 0 Å². The minimum absolute atomic E-state index is 0.0678. The van der Waals surface area contributed by atoms with Gasteiger partial charge in [-0.15, -0.1) is 11.3 Å². The fourth-order valence-corrected chi connectivity index (χ4v) is 2.42. The maximum absolute atomic E-state index is 11.4. The molecule has 0 aliphatic heterocycles. The van der Waals surface area contributed by atoms with Gasteiger partial charge in [0.15, 0.2) is 5.96 Å². The van der Waals surface area contributed by atoms with E-state index in [1.807, 2.05) is 13.8 Å². The molecule has 0 radical (unpaired) electrons. The van der Waals surface area contributed by atoms with Crippen LogP contribution in [-0.4, -0.2) is 31.6 Å². The van der Waals surface area contributed by atoms with Gasteiger partial charge in [-0.2, -0.15) is 0 Å². The lowest BCUT2D eigenvalue weighted by Crippen LogP contribution is -2.38. The second-order valence-corrected chi connectivity index (χ2v) is 5.67. The van der Waals surface area contributed by atoms with Crippen LogP contribution in [0.4, 0.5) is 0 Å². The lowest BCUT2D eigenvalue weighted by molar-refractivity contribution is -0.147. The third-order valence-electron chi connectivity index (χ3n) is 2.60. The van der Waals surface area contributed by atoms with Gasteiger partial charge in [0, 0.05) is 18.5 Å². The van der Waals surface area contributed by atoms with Gasteiger partial charge in [-0.3, -0.25) is 9.79 Å². The van der Waals surface area contributed by atoms with Crippen molar-refractivity contribution in [2.75, 3.05) is 13.6 Å². The molecule has 0 unspecified atom stereocenters. The number of hydrogen-bond acceptors (Lipinski definition) is 4. The molecule has 0 aliphatic rings. The van der Waals surface area contributed by atoms with Crippen molar-refractivity contribution < 1.29 is 9.53 Å². The first kappa shape index (κ1) is 16.5. The summed E-state index contributed by atoms with van der Waals surface area (Å²) in [5.41, 5.74) is 1.28. The minimum atomic E-state index is -0.197. The highest BCUT2D eigenvalue weighted by molar-refractivity contribution is 7.10. The average Bonchev–Trinajstić information content (AvgIpc) is 2.78. The Hall–Kier alpha value is -1.56. The van der Waals surface area contributed by atoms with E-state index in [0.29, 0.717) is 18.9 Å². The van der Waals surface area contributed by atoms with Crippen LogP contribution >= 0.6 is 11.3 Å². The zero-order valence-corrected chi connectivity index (χ0v) is 13.3. The van der Waals surface area contributed by atoms with Gasteiger partial charge < -0.3 is 15.4 Å². The molecular formula is C14H23N3O2S. The van der Waals surface area contributed by atoms with Gasteiger partial charge in [0.05, 0.1) is 19.1 Å². The lowest BCUT2D eigenvalue weighted by Gasteiger charge is -2.12. The monoisotopic (exact) mass is 297 g/mol. The first-order chi connectivity index (χ1) is 9.52. The van der Waals surface area contributed by atoms with Gasteiger partial charge in [0.2, 0.25) is 0 Å². The van der Waals surface area contributed by atoms with Crippen LogP contribution in [0.15, 0.2) is 16.4 Å². The van der Waals surface area contributed by atoms with E-state index in [4.69, 9.17) is 4.74 Å². The predicted molar refractivity (Wildman–Crippen MR) is 83.1 cm³/mol. The number of carbonyl (C=O) groups excluding carboxylic acids is 1. The smallest absolute Gasteiger partial charge is 0.307 e. The molecule has 0 aliphatic carbocycles. The van der Waals surface area contributed by atoms with E-state index in [-0.39, 0.29) is 12.1 Å². The SMILES string of the molecule is CN=C(NCCC(=O)OC(C)C)NCc1sccc1C. The molecule has 0 saturated carbocycles. The van der Waals surface area contributed by atoms with Crippen LogP contribution in [-0.2, 0) is 16.1 Å². The third-order valence-corrected chi connectivity index (χ3v) is 3.62. The van der Waals surface area contributed by atoms with Gasteiger partial charge in [0.1, 0.15) is 0 Å². The number of hydrogen-bond donors (Lipinski definition) is 2. The first-order valence-corrected chi connectivity index (χ1v) is 7.58. The molecule has 20 heavy (non-hydrogen) atoms. The van der Waals surface area contributed by atoms with Crippen molar-refractivity contribution in [3.8, 4) is 0 Å². The van der Waals surface area contributed by atoms with Crippen LogP contribution in [0.1, 0.15) is 30.7 Å². The molecule has 0 fully saturated rings. The zero-order chi connectivity index (χ0) is 15.0. The van der Waals surface area contributed by atoms with E-state index in [0.717, 1.165) is 6.54 Å². The largest absolute Gasteiger partial charge is 0.463 e. The Balaban J connectivity index is 2.27. The summed E-state index contributed by atoms with van der Waals surface area (Å²) < 4.78 is 5.06. The lowest BCUT2D eigenvalue weighted by atomic mass is 10.3. The average molecular weight is 297 g/mol. The third kappa shape index (κ3) is 6.06. The molecule has 0 saturated heterocycles. The van der Waals surface area contributed by atoms with E-state index < -0.39 is 0 Å². The molecule has 1 aromatic rings. The summed E-state index contributed by atoms with van der Waals surface area (Å²) in [7, 11) is 1.71. The number of carbonyl (C=O) groups is 1. The topological polar surface area (TPSA) is 62.7 Å². The normalized spacial score (nSPS) is 11.6. The van der Waals surface area contributed by atoms with Gasteiger partial charge in [-0.25, -0.2) is 0 Å². The first-order valence-electron chi connectivity index (χ1n) is 6.70. The molecule has 0 spiro atoms. The van der Waals surface area contributed by atoms with E-state index in [1.165, 1.54) is 10.4 Å². The highest BCUT2D eigenvalue weighted by atomic mass is 32.1. The summed E-state index contributed by atoms with van der Waals surface area (Å²) in [6, 6.07) is 2.10. The summed E-state index contributed by atoms with van der Waals surface area (Å²) in [6.07, 6.45) is 0.262. The number of ether oxygens (including phenoxy) is 1. The fraction of sp³-hybridized carbons (Fsp3) is 0.571. The zero-order valence-electron chi connectivity index (χ0n) is 12.5. The van der Waals surface area contributed by atoms with Gasteiger partial charge in [0.25, 0.3) is 0 Å². The Morgan fingerprint density at radius 2 is 2.20 bits per heavy atom. The second kappa shape index (κ2) is 8.58. The molecule has 0 atom stereocenters. The number of thiophene rings is 1. The molecule has 2 N–H and O–H groups in total. The minimum Gasteiger partial charge on any atom is -0.463 e. The summed E-state index contributed by atoms with van der Waals surface area (Å²) >= 11 is 1.72. The molecule has 112 valence electrons. The summed E-state index contributed by atoms with van der Waals surface area (Å²) in [5.74, 6) is 0.493. The Bertz CT molecular complexity index is 455. The highest BCUT2D eigenvalue weighted by Gasteiger charge is 2.06. The van der Waals surface area contributed by atoms with Crippen molar-refractivity contribution in [2.24, 2.45) is 4.99 Å². The van der Waals surface area contributed by atoms with Crippen LogP contribution in [0.5, 0.6) is 0 Å². The van der Waals surface area contributed by atoms with Crippen molar-refractivity contribution >= 4 is 23.3 Å². The molecule has 1 rings (SSSR count). The summed E-state index contributed by atoms with van der Waals surface area (Å²) in [4.78, 5) is 16.8. The van der Waals surface area contributed by atoms with Crippen molar-refractivity contribution in [3.05, 3.63) is 21.9 Å². The molecule has 6 heteroatoms. The maximum atomic E-state index is 11.4. The van der Waals surface area contributed by atoms with Gasteiger partial charge >= 0.3 is 5.97 Å². The van der Waals surface area contributed by atoms with Crippen LogP contribution in [0.2, 0.25) is 0 Å². The van der Waals surface area contributed by atoms with Gasteiger partial charge in [-0.1, -0.05) is 0 Å². The molecule has 0 amide bonds. The van der Waals surface area contributed by atoms with Crippen molar-refractivity contribution in [1.29, 1.82) is 0 Å². The number of esters is 1. The molecular weight excluding hydrogens is 274 g/mol. The number of aryl methyl sites for hydroxylation is 1. The molecule has 1 aromatic heterocycles. The number of rotatable bonds is 6. The van der Waals surface area contributed by atoms with Gasteiger partial charge in [-0.05, 0) is 37.8 Å². The second-order valence-electron chi connectivity index (χ2n) is 4.67. The number of guanidine groups is 1. The molecule has 5 nitrogen and oxygen atoms in total. The Morgan fingerprint density at radius 1 is 1.45 bits per heavy atom. The van der Waals surface area contributed by atoms with Crippen LogP contribution in [0.3, 0.4) is 0 Å². The fourth-order valence-electron chi connectivity index (χ4n) is 1.57. The molecule has 0 aromatic carbocycles. The van der Waals surface area contributed by atoms with E-state index in [2.05, 4.69) is 34.0 Å². The molecule has 1 heterocycles. The van der Waals surface area contributed by atoms with Crippen LogP contribution < -0.4 is 10.6 Å². The van der Waals surface area contributed by atoms with E-state index >= 15 is 0 Å². The summed E-state index contributed by atoms with van der Waals surface area (Å²) in [6.45, 7) is 7.02. The number of nitrogens with one attached hydrogen (secondary N) is 2. The Morgan fingerprint density at radius 3 is 2.75 bits per heavy atom. The van der Waals surface area contributed by atoms with Crippen molar-refractivity contribution in [1.82, 2.24) is 10.6 Å². The van der Waals surface area contributed by atoms with E-state index in [9.17, 15) is 4.79 Å². The van der Waals surface area contributed by atoms with Crippen LogP contribution in [0, 0.1) is 6.92 Å². The highest BCUT2D eigenvalue weighted by Crippen LogP contribution is 2.14. The summed E-state index contributed by atoms with van der Waals surface area (Å²) in [5, 5.41) is 8.40. The van der Waals surface area contributed by atoms with Crippen molar-refractivity contribution in [2.45, 2.75) is 39.8 Å². The standard InChI is InChI=1S/C14H23N3O2S/c1-10(2)19-13(18)5-7-16-14(15-4)17-9-12-11(3)6-8-20-12/h6,8,10H,5,7,9H2,1-4H3,(H2,15,16,17). The van der Waals surface area contributed by atoms with Crippen molar-refractivity contribution in [3.63, 3.8) is 0 Å². The van der Waals surface area contributed by atoms with E-state index in [1.54, 1.807) is 18.4 Å². The Kier molecular flexibility index (Phi) is 7.08. The number of nitrogens with zero attached hydrogens (tertiary/aromatic N) is 1.